The number of nitrogens with zero attached hydrogens (tertiary/aromatic N) is 2. The molecule has 26 heavy (non-hydrogen) atoms. The molecule has 8 heteroatoms. The summed E-state index contributed by atoms with van der Waals surface area (Å²) in [6.45, 7) is 2.87. The number of hydrogen-bond acceptors (Lipinski definition) is 7. The highest BCUT2D eigenvalue weighted by molar-refractivity contribution is 7.71. The largest absolute Gasteiger partial charge is 0.462 e. The topological polar surface area (TPSA) is 69.3 Å². The Morgan fingerprint density at radius 2 is 2.15 bits per heavy atom. The van der Waals surface area contributed by atoms with Crippen molar-refractivity contribution in [3.05, 3.63) is 52.2 Å². The molecule has 0 spiro atoms. The van der Waals surface area contributed by atoms with Crippen LogP contribution >= 0.6 is 23.6 Å². The fourth-order valence-corrected chi connectivity index (χ4v) is 3.02. The Hall–Kier alpha value is -2.45. The maximum Gasteiger partial charge on any atom is 0.338 e. The number of anilines is 1. The molecular formula is C18H19N3O3S2. The van der Waals surface area contributed by atoms with E-state index in [4.69, 9.17) is 21.4 Å². The van der Waals surface area contributed by atoms with Gasteiger partial charge >= 0.3 is 5.97 Å². The molecule has 0 aliphatic heterocycles. The highest BCUT2D eigenvalue weighted by atomic mass is 32.1. The first-order valence-corrected chi connectivity index (χ1v) is 9.59. The maximum absolute atomic E-state index is 11.9. The summed E-state index contributed by atoms with van der Waals surface area (Å²) in [7, 11) is 0. The van der Waals surface area contributed by atoms with Crippen molar-refractivity contribution in [1.29, 1.82) is 0 Å². The predicted octanol–water partition coefficient (Wildman–Crippen LogP) is 4.96. The number of hydrogen-bond donors (Lipinski definition) is 1. The molecule has 2 heterocycles. The van der Waals surface area contributed by atoms with Gasteiger partial charge < -0.3 is 14.5 Å². The lowest BCUT2D eigenvalue weighted by Gasteiger charge is -2.07. The van der Waals surface area contributed by atoms with Gasteiger partial charge in [-0.2, -0.15) is 0 Å². The molecule has 0 aliphatic carbocycles. The number of carbonyl (C=O) groups excluding carboxylic acids is 1. The van der Waals surface area contributed by atoms with Gasteiger partial charge in [-0.1, -0.05) is 19.4 Å². The molecule has 0 unspecified atom stereocenters. The number of nitrogens with one attached hydrogen (secondary N) is 1. The normalized spacial score (nSPS) is 10.7. The van der Waals surface area contributed by atoms with Crippen LogP contribution in [-0.4, -0.2) is 22.4 Å². The molecule has 0 amide bonds. The standard InChI is InChI=1S/C18H19N3O3S2/c1-2-3-10-23-17(22)13-6-8-14(9-7-13)19-12-21-18(25)24-16(20-21)15-5-4-11-26-15/h4-9,11,19H,2-3,10,12H2,1H3. The van der Waals surface area contributed by atoms with Crippen LogP contribution in [0.15, 0.2) is 46.2 Å². The Bertz CT molecular complexity index is 899. The Morgan fingerprint density at radius 3 is 2.85 bits per heavy atom. The zero-order chi connectivity index (χ0) is 18.4. The third-order valence-corrected chi connectivity index (χ3v) is 4.77. The number of carbonyl (C=O) groups is 1. The van der Waals surface area contributed by atoms with Crippen molar-refractivity contribution in [3.63, 3.8) is 0 Å². The van der Waals surface area contributed by atoms with E-state index in [9.17, 15) is 4.79 Å². The summed E-state index contributed by atoms with van der Waals surface area (Å²) >= 11 is 6.75. The smallest absolute Gasteiger partial charge is 0.338 e. The van der Waals surface area contributed by atoms with E-state index in [1.807, 2.05) is 29.6 Å². The number of unbranched alkanes of at least 4 members (excludes halogenated alkanes) is 1. The second kappa shape index (κ2) is 8.77. The molecular weight excluding hydrogens is 370 g/mol. The zero-order valence-electron chi connectivity index (χ0n) is 14.3. The molecule has 0 fully saturated rings. The van der Waals surface area contributed by atoms with Crippen molar-refractivity contribution in [2.45, 2.75) is 26.4 Å². The highest BCUT2D eigenvalue weighted by Crippen LogP contribution is 2.23. The lowest BCUT2D eigenvalue weighted by molar-refractivity contribution is 0.0500. The van der Waals surface area contributed by atoms with E-state index >= 15 is 0 Å². The first kappa shape index (κ1) is 18.3. The summed E-state index contributed by atoms with van der Waals surface area (Å²) in [5.41, 5.74) is 1.38. The molecule has 0 aliphatic rings. The van der Waals surface area contributed by atoms with Gasteiger partial charge in [0.05, 0.1) is 17.0 Å². The fraction of sp³-hybridized carbons (Fsp3) is 0.278. The number of aromatic nitrogens is 2. The fourth-order valence-electron chi connectivity index (χ4n) is 2.19. The molecule has 0 bridgehead atoms. The lowest BCUT2D eigenvalue weighted by atomic mass is 10.2. The molecule has 2 aromatic heterocycles. The van der Waals surface area contributed by atoms with Crippen LogP contribution in [0.25, 0.3) is 10.8 Å². The number of rotatable bonds is 8. The summed E-state index contributed by atoms with van der Waals surface area (Å²) in [5, 5.41) is 9.54. The Labute approximate surface area is 160 Å². The first-order valence-electron chi connectivity index (χ1n) is 8.30. The predicted molar refractivity (Wildman–Crippen MR) is 104 cm³/mol. The van der Waals surface area contributed by atoms with Gasteiger partial charge in [-0.3, -0.25) is 0 Å². The molecule has 0 atom stereocenters. The third-order valence-electron chi connectivity index (χ3n) is 3.62. The van der Waals surface area contributed by atoms with Crippen molar-refractivity contribution < 1.29 is 13.9 Å². The van der Waals surface area contributed by atoms with E-state index in [1.54, 1.807) is 28.2 Å². The van der Waals surface area contributed by atoms with Crippen LogP contribution in [0.3, 0.4) is 0 Å². The Morgan fingerprint density at radius 1 is 1.35 bits per heavy atom. The maximum atomic E-state index is 11.9. The summed E-state index contributed by atoms with van der Waals surface area (Å²) in [5.74, 6) is 0.210. The van der Waals surface area contributed by atoms with E-state index in [0.29, 0.717) is 29.6 Å². The van der Waals surface area contributed by atoms with Gasteiger partial charge in [0.2, 0.25) is 0 Å². The van der Waals surface area contributed by atoms with Crippen molar-refractivity contribution in [3.8, 4) is 10.8 Å². The minimum atomic E-state index is -0.302. The van der Waals surface area contributed by atoms with E-state index in [1.165, 1.54) is 0 Å². The van der Waals surface area contributed by atoms with Gasteiger partial charge in [-0.15, -0.1) is 16.4 Å². The van der Waals surface area contributed by atoms with Gasteiger partial charge in [-0.05, 0) is 54.4 Å². The summed E-state index contributed by atoms with van der Waals surface area (Å²) in [4.78, 5) is 13.1. The molecule has 136 valence electrons. The molecule has 3 rings (SSSR count). The van der Waals surface area contributed by atoms with E-state index in [2.05, 4.69) is 17.3 Å². The summed E-state index contributed by atoms with van der Waals surface area (Å²) in [6, 6.07) is 11.0. The quantitative estimate of drug-likeness (QED) is 0.334. The van der Waals surface area contributed by atoms with Crippen LogP contribution in [0.5, 0.6) is 0 Å². The van der Waals surface area contributed by atoms with Gasteiger partial charge in [-0.25, -0.2) is 9.48 Å². The average molecular weight is 390 g/mol. The average Bonchev–Trinajstić information content (AvgIpc) is 3.30. The highest BCUT2D eigenvalue weighted by Gasteiger charge is 2.09. The third kappa shape index (κ3) is 4.59. The number of esters is 1. The monoisotopic (exact) mass is 389 g/mol. The van der Waals surface area contributed by atoms with Gasteiger partial charge in [0.15, 0.2) is 0 Å². The van der Waals surface area contributed by atoms with Crippen LogP contribution in [0.4, 0.5) is 5.69 Å². The number of thiophene rings is 1. The molecule has 0 saturated carbocycles. The van der Waals surface area contributed by atoms with E-state index in [0.717, 1.165) is 23.4 Å². The second-order valence-electron chi connectivity index (χ2n) is 5.55. The first-order chi connectivity index (χ1) is 12.7. The molecule has 1 aromatic carbocycles. The van der Waals surface area contributed by atoms with E-state index in [-0.39, 0.29) is 5.97 Å². The van der Waals surface area contributed by atoms with Crippen LogP contribution in [0.2, 0.25) is 0 Å². The Balaban J connectivity index is 1.58. The SMILES string of the molecule is CCCCOC(=O)c1ccc(NCn2nc(-c3cccs3)oc2=S)cc1. The van der Waals surface area contributed by atoms with Crippen LogP contribution in [0, 0.1) is 4.84 Å². The van der Waals surface area contributed by atoms with Crippen LogP contribution < -0.4 is 5.32 Å². The van der Waals surface area contributed by atoms with Gasteiger partial charge in [0, 0.05) is 5.69 Å². The van der Waals surface area contributed by atoms with Crippen molar-refractivity contribution in [2.24, 2.45) is 0 Å². The Kier molecular flexibility index (Phi) is 6.19. The van der Waals surface area contributed by atoms with Gasteiger partial charge in [0.25, 0.3) is 10.7 Å². The minimum Gasteiger partial charge on any atom is -0.462 e. The van der Waals surface area contributed by atoms with Gasteiger partial charge in [0.1, 0.15) is 6.67 Å². The lowest BCUT2D eigenvalue weighted by Crippen LogP contribution is -2.10. The molecule has 0 radical (unpaired) electrons. The zero-order valence-corrected chi connectivity index (χ0v) is 15.9. The minimum absolute atomic E-state index is 0.302. The summed E-state index contributed by atoms with van der Waals surface area (Å²) < 4.78 is 12.3. The molecule has 6 nitrogen and oxygen atoms in total. The number of benzene rings is 1. The molecule has 0 saturated heterocycles. The number of ether oxygens (including phenoxy) is 1. The molecule has 1 N–H and O–H groups in total. The van der Waals surface area contributed by atoms with Crippen LogP contribution in [-0.2, 0) is 11.4 Å². The van der Waals surface area contributed by atoms with Crippen molar-refractivity contribution in [2.75, 3.05) is 11.9 Å². The summed E-state index contributed by atoms with van der Waals surface area (Å²) in [6.07, 6.45) is 1.87. The van der Waals surface area contributed by atoms with E-state index < -0.39 is 0 Å². The van der Waals surface area contributed by atoms with Crippen LogP contribution in [0.1, 0.15) is 30.1 Å². The van der Waals surface area contributed by atoms with Crippen molar-refractivity contribution >= 4 is 35.2 Å². The second-order valence-corrected chi connectivity index (χ2v) is 6.85. The molecule has 3 aromatic rings. The van der Waals surface area contributed by atoms with Crippen molar-refractivity contribution in [1.82, 2.24) is 9.78 Å².